The van der Waals surface area contributed by atoms with Crippen LogP contribution in [-0.2, 0) is 27.4 Å². The molecule has 2 atom stereocenters. The van der Waals surface area contributed by atoms with Crippen molar-refractivity contribution in [3.05, 3.63) is 141 Å². The number of rotatable bonds is 9. The van der Waals surface area contributed by atoms with Crippen molar-refractivity contribution in [2.75, 3.05) is 50.3 Å². The first-order valence-corrected chi connectivity index (χ1v) is 20.9. The molecule has 4 aromatic carbocycles. The summed E-state index contributed by atoms with van der Waals surface area (Å²) in [6.45, 7) is 15.1. The van der Waals surface area contributed by atoms with Gasteiger partial charge in [0, 0.05) is 92.3 Å². The quantitative estimate of drug-likeness (QED) is 0.127. The zero-order valence-corrected chi connectivity index (χ0v) is 36.7. The maximum atomic E-state index is 13.1. The van der Waals surface area contributed by atoms with Gasteiger partial charge in [-0.2, -0.15) is 0 Å². The average molecular weight is 876 g/mol. The third-order valence-electron chi connectivity index (χ3n) is 10.1. The lowest BCUT2D eigenvalue weighted by Crippen LogP contribution is -2.53. The Morgan fingerprint density at radius 3 is 1.61 bits per heavy atom. The Morgan fingerprint density at radius 2 is 1.15 bits per heavy atom. The fraction of sp³-hybridized carbons (Fsp3) is 0.340. The lowest BCUT2D eigenvalue weighted by molar-refractivity contribution is -0.131. The molecule has 2 heterocycles. The molecular weight excluding hydrogens is 821 g/mol. The minimum Gasteiger partial charge on any atom is -0.444 e. The molecule has 0 spiro atoms. The molecule has 61 heavy (non-hydrogen) atoms. The van der Waals surface area contributed by atoms with E-state index in [1.165, 1.54) is 30.3 Å². The largest absolute Gasteiger partial charge is 0.444 e. The van der Waals surface area contributed by atoms with E-state index in [4.69, 9.17) is 33.7 Å². The van der Waals surface area contributed by atoms with Crippen molar-refractivity contribution >= 4 is 64.6 Å². The number of piperazine rings is 2. The van der Waals surface area contributed by atoms with Gasteiger partial charge < -0.3 is 20.3 Å². The monoisotopic (exact) mass is 874 g/mol. The van der Waals surface area contributed by atoms with Gasteiger partial charge in [0.2, 0.25) is 11.8 Å². The number of nitrogen functional groups attached to an aromatic ring is 1. The second-order valence-electron chi connectivity index (χ2n) is 16.3. The maximum absolute atomic E-state index is 13.1. The van der Waals surface area contributed by atoms with Gasteiger partial charge in [0.25, 0.3) is 0 Å². The van der Waals surface area contributed by atoms with Crippen LogP contribution in [0.1, 0.15) is 56.9 Å². The normalized spacial score (nSPS) is 17.6. The Morgan fingerprint density at radius 1 is 0.705 bits per heavy atom. The summed E-state index contributed by atoms with van der Waals surface area (Å²) in [7, 11) is 0. The van der Waals surface area contributed by atoms with E-state index in [1.54, 1.807) is 99.7 Å². The van der Waals surface area contributed by atoms with Gasteiger partial charge in [-0.3, -0.25) is 24.7 Å². The van der Waals surface area contributed by atoms with Crippen LogP contribution in [0, 0.1) is 11.6 Å². The number of ether oxygens (including phenoxy) is 1. The molecule has 4 aromatic rings. The number of hydrogen-bond donors (Lipinski definition) is 2. The number of nitrogens with two attached hydrogens (primary N) is 1. The summed E-state index contributed by atoms with van der Waals surface area (Å²) in [5.41, 5.74) is 9.82. The standard InChI is InChI=1S/C26H31ClFN3O3.C21H23ClFN3O/c1-18-16-30(17-19-5-9-22(28)10-6-19)13-14-31(18)24(32)12-7-20-15-21(27)8-11-23(20)29-25(33)34-26(2,3)4;1-15-13-25(14-16-2-6-19(23)7-3-16)10-11-26(15)21(27)9-4-17-12-18(22)5-8-20(17)24/h5-12,15,18H,13-14,16-17H2,1-4H3,(H,29,33);2-9,12,15H,10-11,13-14,24H2,1H3/b12-7+;9-4+. The highest BCUT2D eigenvalue weighted by atomic mass is 35.5. The van der Waals surface area contributed by atoms with Crippen molar-refractivity contribution in [3.8, 4) is 0 Å². The number of carbonyl (C=O) groups is 3. The van der Waals surface area contributed by atoms with E-state index >= 15 is 0 Å². The van der Waals surface area contributed by atoms with Crippen LogP contribution < -0.4 is 11.1 Å². The van der Waals surface area contributed by atoms with E-state index in [0.717, 1.165) is 49.4 Å². The number of carbonyl (C=O) groups excluding carboxylic acids is 3. The third kappa shape index (κ3) is 14.7. The summed E-state index contributed by atoms with van der Waals surface area (Å²) in [5.74, 6) is -0.626. The summed E-state index contributed by atoms with van der Waals surface area (Å²) < 4.78 is 31.5. The highest BCUT2D eigenvalue weighted by Gasteiger charge is 2.28. The number of anilines is 2. The molecule has 10 nitrogen and oxygen atoms in total. The molecule has 2 fully saturated rings. The molecule has 3 N–H and O–H groups in total. The first-order chi connectivity index (χ1) is 28.9. The van der Waals surface area contributed by atoms with Crippen molar-refractivity contribution in [2.24, 2.45) is 0 Å². The fourth-order valence-electron chi connectivity index (χ4n) is 7.11. The first kappa shape index (κ1) is 46.8. The van der Waals surface area contributed by atoms with Gasteiger partial charge in [-0.15, -0.1) is 0 Å². The van der Waals surface area contributed by atoms with Crippen molar-refractivity contribution < 1.29 is 27.9 Å². The number of nitrogens with zero attached hydrogens (tertiary/aromatic N) is 4. The van der Waals surface area contributed by atoms with E-state index in [2.05, 4.69) is 15.1 Å². The topological polar surface area (TPSA) is 111 Å². The molecule has 0 radical (unpaired) electrons. The van der Waals surface area contributed by atoms with Gasteiger partial charge in [0.05, 0.1) is 5.69 Å². The number of halogens is 4. The maximum Gasteiger partial charge on any atom is 0.412 e. The average Bonchev–Trinajstić information content (AvgIpc) is 3.19. The fourth-order valence-corrected chi connectivity index (χ4v) is 7.47. The van der Waals surface area contributed by atoms with E-state index in [1.807, 2.05) is 23.6 Å². The van der Waals surface area contributed by atoms with Crippen LogP contribution >= 0.6 is 23.2 Å². The molecule has 0 aliphatic carbocycles. The number of benzene rings is 4. The van der Waals surface area contributed by atoms with E-state index < -0.39 is 11.7 Å². The van der Waals surface area contributed by atoms with Crippen molar-refractivity contribution in [2.45, 2.75) is 65.4 Å². The molecule has 0 aromatic heterocycles. The van der Waals surface area contributed by atoms with Gasteiger partial charge in [-0.1, -0.05) is 47.5 Å². The zero-order valence-electron chi connectivity index (χ0n) is 35.2. The summed E-state index contributed by atoms with van der Waals surface area (Å²) in [5, 5.41) is 3.79. The molecule has 0 bridgehead atoms. The van der Waals surface area contributed by atoms with Crippen molar-refractivity contribution in [1.29, 1.82) is 0 Å². The Balaban J connectivity index is 0.000000237. The van der Waals surface area contributed by atoms with E-state index in [9.17, 15) is 23.2 Å². The summed E-state index contributed by atoms with van der Waals surface area (Å²) >= 11 is 12.1. The van der Waals surface area contributed by atoms with Crippen LogP contribution in [0.15, 0.2) is 97.1 Å². The van der Waals surface area contributed by atoms with Crippen LogP contribution in [0.2, 0.25) is 10.0 Å². The number of nitrogens with one attached hydrogen (secondary N) is 1. The van der Waals surface area contributed by atoms with E-state index in [-0.39, 0.29) is 35.5 Å². The minimum absolute atomic E-state index is 0.0186. The molecule has 324 valence electrons. The molecule has 2 aliphatic heterocycles. The predicted molar refractivity (Wildman–Crippen MR) is 241 cm³/mol. The molecule has 3 amide bonds. The lowest BCUT2D eigenvalue weighted by Gasteiger charge is -2.39. The van der Waals surface area contributed by atoms with Crippen molar-refractivity contribution in [1.82, 2.24) is 19.6 Å². The highest BCUT2D eigenvalue weighted by molar-refractivity contribution is 6.31. The van der Waals surface area contributed by atoms with Gasteiger partial charge in [-0.25, -0.2) is 13.6 Å². The van der Waals surface area contributed by atoms with Crippen LogP contribution in [0.5, 0.6) is 0 Å². The first-order valence-electron chi connectivity index (χ1n) is 20.2. The molecule has 6 rings (SSSR count). The van der Waals surface area contributed by atoms with E-state index in [0.29, 0.717) is 46.6 Å². The molecular formula is C47H54Cl2F2N6O4. The SMILES string of the molecule is CC1CN(Cc2ccc(F)cc2)CCN1C(=O)/C=C/c1cc(Cl)ccc1N.CC1CN(Cc2ccc(F)cc2)CCN1C(=O)/C=C/c1cc(Cl)ccc1NC(=O)OC(C)(C)C. The van der Waals surface area contributed by atoms with Crippen molar-refractivity contribution in [3.63, 3.8) is 0 Å². The summed E-state index contributed by atoms with van der Waals surface area (Å²) in [6, 6.07) is 23.4. The Kier molecular flexibility index (Phi) is 16.5. The Bertz CT molecular complexity index is 2200. The molecule has 2 aliphatic rings. The number of amides is 3. The van der Waals surface area contributed by atoms with Crippen LogP contribution in [0.3, 0.4) is 0 Å². The summed E-state index contributed by atoms with van der Waals surface area (Å²) in [4.78, 5) is 45.9. The zero-order chi connectivity index (χ0) is 44.3. The van der Waals surface area contributed by atoms with Crippen LogP contribution in [0.4, 0.5) is 25.0 Å². The Labute approximate surface area is 367 Å². The third-order valence-corrected chi connectivity index (χ3v) is 10.6. The molecule has 14 heteroatoms. The second kappa shape index (κ2) is 21.5. The predicted octanol–water partition coefficient (Wildman–Crippen LogP) is 9.38. The Hall–Kier alpha value is -5.27. The molecule has 0 saturated carbocycles. The second-order valence-corrected chi connectivity index (χ2v) is 17.2. The van der Waals surface area contributed by atoms with Gasteiger partial charge in [0.1, 0.15) is 17.2 Å². The molecule has 2 unspecified atom stereocenters. The van der Waals surface area contributed by atoms with Crippen LogP contribution in [-0.4, -0.2) is 94.5 Å². The van der Waals surface area contributed by atoms with Crippen LogP contribution in [0.25, 0.3) is 12.2 Å². The van der Waals surface area contributed by atoms with Gasteiger partial charge in [-0.05, 0) is 130 Å². The smallest absolute Gasteiger partial charge is 0.412 e. The lowest BCUT2D eigenvalue weighted by atomic mass is 10.1. The summed E-state index contributed by atoms with van der Waals surface area (Å²) in [6.07, 6.45) is 5.83. The van der Waals surface area contributed by atoms with Gasteiger partial charge >= 0.3 is 6.09 Å². The minimum atomic E-state index is -0.628. The highest BCUT2D eigenvalue weighted by Crippen LogP contribution is 2.24. The number of hydrogen-bond acceptors (Lipinski definition) is 7. The van der Waals surface area contributed by atoms with Gasteiger partial charge in [0.15, 0.2) is 0 Å². The molecule has 2 saturated heterocycles.